The lowest BCUT2D eigenvalue weighted by Crippen LogP contribution is -2.44. The molecule has 1 N–H and O–H groups in total. The second kappa shape index (κ2) is 15.8. The maximum absolute atomic E-state index is 11.3. The number of unbranched alkanes of at least 4 members (excludes halogenated alkanes) is 1. The van der Waals surface area contributed by atoms with E-state index in [4.69, 9.17) is 0 Å². The Bertz CT molecular complexity index is 835. The number of rotatable bonds is 10. The monoisotopic (exact) mass is 455 g/mol. The van der Waals surface area contributed by atoms with Crippen molar-refractivity contribution in [2.24, 2.45) is 4.99 Å². The molecule has 2 rings (SSSR count). The highest BCUT2D eigenvalue weighted by Crippen LogP contribution is 2.23. The topological polar surface area (TPSA) is 74.0 Å². The summed E-state index contributed by atoms with van der Waals surface area (Å²) in [4.78, 5) is 20.1. The zero-order chi connectivity index (χ0) is 24.6. The maximum Gasteiger partial charge on any atom is 0.274 e. The number of nitro benzene ring substituents is 1. The third kappa shape index (κ3) is 9.22. The molecule has 0 bridgehead atoms. The van der Waals surface area contributed by atoms with E-state index >= 15 is 0 Å². The van der Waals surface area contributed by atoms with Crippen LogP contribution in [0, 0.1) is 10.1 Å². The lowest BCUT2D eigenvalue weighted by Gasteiger charge is -2.36. The summed E-state index contributed by atoms with van der Waals surface area (Å²) < 4.78 is 0. The molecule has 0 saturated carbocycles. The van der Waals surface area contributed by atoms with E-state index in [2.05, 4.69) is 60.6 Å². The molecule has 1 aliphatic rings. The molecule has 0 unspecified atom stereocenters. The van der Waals surface area contributed by atoms with Crippen LogP contribution in [0.2, 0.25) is 0 Å². The first-order valence-electron chi connectivity index (χ1n) is 11.9. The largest absolute Gasteiger partial charge is 0.369 e. The molecule has 1 heterocycles. The van der Waals surface area contributed by atoms with Gasteiger partial charge in [0.15, 0.2) is 0 Å². The summed E-state index contributed by atoms with van der Waals surface area (Å²) in [6, 6.07) is 6.75. The van der Waals surface area contributed by atoms with Crippen LogP contribution in [-0.2, 0) is 6.54 Å². The van der Waals surface area contributed by atoms with Gasteiger partial charge in [-0.3, -0.25) is 10.1 Å². The molecule has 1 aromatic rings. The van der Waals surface area contributed by atoms with Crippen molar-refractivity contribution in [1.29, 1.82) is 0 Å². The van der Waals surface area contributed by atoms with E-state index in [-0.39, 0.29) is 10.6 Å². The molecule has 0 radical (unpaired) electrons. The first-order chi connectivity index (χ1) is 15.9. The third-order valence-corrected chi connectivity index (χ3v) is 5.37. The van der Waals surface area contributed by atoms with Gasteiger partial charge in [-0.1, -0.05) is 70.5 Å². The molecule has 0 spiro atoms. The molecule has 0 aliphatic carbocycles. The average Bonchev–Trinajstić information content (AvgIpc) is 2.83. The molecule has 0 amide bonds. The molecular formula is C26H41N5O2. The van der Waals surface area contributed by atoms with E-state index in [0.29, 0.717) is 17.9 Å². The number of nitrogens with zero attached hydrogens (tertiary/aromatic N) is 4. The predicted molar refractivity (Wildman–Crippen MR) is 139 cm³/mol. The van der Waals surface area contributed by atoms with Gasteiger partial charge in [0.05, 0.1) is 4.92 Å². The Morgan fingerprint density at radius 3 is 2.33 bits per heavy atom. The highest BCUT2D eigenvalue weighted by atomic mass is 16.6. The van der Waals surface area contributed by atoms with Gasteiger partial charge in [-0.05, 0) is 20.4 Å². The zero-order valence-electron chi connectivity index (χ0n) is 21.0. The normalized spacial score (nSPS) is 15.5. The number of benzene rings is 1. The number of para-hydroxylation sites is 1. The van der Waals surface area contributed by atoms with Crippen LogP contribution >= 0.6 is 0 Å². The summed E-state index contributed by atoms with van der Waals surface area (Å²) in [7, 11) is 2.13. The summed E-state index contributed by atoms with van der Waals surface area (Å²) in [5.41, 5.74) is 2.73. The summed E-state index contributed by atoms with van der Waals surface area (Å²) in [5, 5.41) is 14.6. The van der Waals surface area contributed by atoms with Gasteiger partial charge < -0.3 is 15.1 Å². The number of allylic oxidation sites excluding steroid dienone is 2. The van der Waals surface area contributed by atoms with Gasteiger partial charge in [0.2, 0.25) is 0 Å². The van der Waals surface area contributed by atoms with Crippen molar-refractivity contribution in [3.05, 3.63) is 75.8 Å². The number of aliphatic imine (C=N–C) groups is 1. The molecule has 0 aromatic heterocycles. The van der Waals surface area contributed by atoms with Crippen molar-refractivity contribution >= 4 is 11.9 Å². The first kappa shape index (κ1) is 28.1. The van der Waals surface area contributed by atoms with Crippen molar-refractivity contribution in [3.63, 3.8) is 0 Å². The molecule has 7 nitrogen and oxygen atoms in total. The van der Waals surface area contributed by atoms with Crippen molar-refractivity contribution < 1.29 is 4.92 Å². The van der Waals surface area contributed by atoms with E-state index < -0.39 is 0 Å². The Labute approximate surface area is 199 Å². The van der Waals surface area contributed by atoms with Gasteiger partial charge in [0, 0.05) is 61.8 Å². The Morgan fingerprint density at radius 1 is 1.18 bits per heavy atom. The van der Waals surface area contributed by atoms with E-state index in [0.717, 1.165) is 43.9 Å². The lowest BCUT2D eigenvalue weighted by atomic mass is 10.1. The summed E-state index contributed by atoms with van der Waals surface area (Å²) in [6.07, 6.45) is 9.26. The minimum absolute atomic E-state index is 0.100. The highest BCUT2D eigenvalue weighted by molar-refractivity contribution is 5.57. The smallest absolute Gasteiger partial charge is 0.274 e. The summed E-state index contributed by atoms with van der Waals surface area (Å²) in [5.74, 6) is 0.666. The quantitative estimate of drug-likeness (QED) is 0.218. The SMILES string of the molecule is C=CC(/C(=C/CC)N1CCN(C)CC1)=C(/N=C\C)NCc1ccccc1[N+](=O)[O-].CCCC. The van der Waals surface area contributed by atoms with Crippen LogP contribution < -0.4 is 5.32 Å². The highest BCUT2D eigenvalue weighted by Gasteiger charge is 2.20. The standard InChI is InChI=1S/C22H31N5O2.C4H10/c1-5-10-21(26-15-13-25(4)14-16-26)19(6-2)22(23-7-3)24-17-18-11-8-9-12-20(18)27(28)29;1-3-4-2/h6-12,24H,2,5,13-17H2,1,3-4H3;3-4H2,1-2H3/b21-10-,22-19+,23-7-;. The van der Waals surface area contributed by atoms with Gasteiger partial charge in [-0.25, -0.2) is 4.99 Å². The van der Waals surface area contributed by atoms with Crippen molar-refractivity contribution in [3.8, 4) is 0 Å². The van der Waals surface area contributed by atoms with E-state index in [1.165, 1.54) is 18.9 Å². The van der Waals surface area contributed by atoms with Crippen LogP contribution in [0.3, 0.4) is 0 Å². The average molecular weight is 456 g/mol. The zero-order valence-corrected chi connectivity index (χ0v) is 21.0. The van der Waals surface area contributed by atoms with Crippen LogP contribution in [0.1, 0.15) is 52.5 Å². The molecule has 1 fully saturated rings. The fourth-order valence-corrected chi connectivity index (χ4v) is 3.33. The van der Waals surface area contributed by atoms with Crippen molar-refractivity contribution in [2.75, 3.05) is 33.2 Å². The first-order valence-corrected chi connectivity index (χ1v) is 11.9. The Morgan fingerprint density at radius 2 is 1.82 bits per heavy atom. The predicted octanol–water partition coefficient (Wildman–Crippen LogP) is 5.52. The molecule has 0 atom stereocenters. The summed E-state index contributed by atoms with van der Waals surface area (Å²) in [6.45, 7) is 16.5. The number of nitro groups is 1. The molecular weight excluding hydrogens is 414 g/mol. The Hall–Kier alpha value is -2.93. The van der Waals surface area contributed by atoms with E-state index in [1.807, 2.05) is 13.0 Å². The van der Waals surface area contributed by atoms with Crippen LogP contribution in [0.4, 0.5) is 5.69 Å². The second-order valence-corrected chi connectivity index (χ2v) is 7.88. The summed E-state index contributed by atoms with van der Waals surface area (Å²) >= 11 is 0. The number of piperazine rings is 1. The van der Waals surface area contributed by atoms with Gasteiger partial charge in [-0.15, -0.1) is 0 Å². The van der Waals surface area contributed by atoms with Gasteiger partial charge in [0.25, 0.3) is 5.69 Å². The fourth-order valence-electron chi connectivity index (χ4n) is 3.33. The van der Waals surface area contributed by atoms with Crippen molar-refractivity contribution in [1.82, 2.24) is 15.1 Å². The molecule has 33 heavy (non-hydrogen) atoms. The van der Waals surface area contributed by atoms with Crippen molar-refractivity contribution in [2.45, 2.75) is 53.5 Å². The van der Waals surface area contributed by atoms with Crippen LogP contribution in [0.15, 0.2) is 65.1 Å². The molecule has 182 valence electrons. The van der Waals surface area contributed by atoms with Crippen LogP contribution in [-0.4, -0.2) is 54.2 Å². The van der Waals surface area contributed by atoms with Crippen LogP contribution in [0.5, 0.6) is 0 Å². The van der Waals surface area contributed by atoms with E-state index in [1.54, 1.807) is 24.4 Å². The second-order valence-electron chi connectivity index (χ2n) is 7.88. The molecule has 1 saturated heterocycles. The maximum atomic E-state index is 11.3. The van der Waals surface area contributed by atoms with E-state index in [9.17, 15) is 10.1 Å². The number of hydrogen-bond acceptors (Lipinski definition) is 6. The minimum atomic E-state index is -0.357. The molecule has 1 aliphatic heterocycles. The van der Waals surface area contributed by atoms with Gasteiger partial charge in [-0.2, -0.15) is 0 Å². The van der Waals surface area contributed by atoms with Gasteiger partial charge in [0.1, 0.15) is 5.82 Å². The molecule has 1 aromatic carbocycles. The Kier molecular flexibility index (Phi) is 13.5. The number of likely N-dealkylation sites (N-methyl/N-ethyl adjacent to an activating group) is 1. The number of nitrogens with one attached hydrogen (secondary N) is 1. The van der Waals surface area contributed by atoms with Crippen LogP contribution in [0.25, 0.3) is 0 Å². The lowest BCUT2D eigenvalue weighted by molar-refractivity contribution is -0.385. The minimum Gasteiger partial charge on any atom is -0.369 e. The molecule has 7 heteroatoms. The fraction of sp³-hybridized carbons (Fsp3) is 0.500. The number of hydrogen-bond donors (Lipinski definition) is 1. The third-order valence-electron chi connectivity index (χ3n) is 5.37. The van der Waals surface area contributed by atoms with Gasteiger partial charge >= 0.3 is 0 Å². The Balaban J connectivity index is 0.00000125.